The summed E-state index contributed by atoms with van der Waals surface area (Å²) in [5.41, 5.74) is 2.58. The maximum absolute atomic E-state index is 12.7. The second-order valence-corrected chi connectivity index (χ2v) is 6.88. The van der Waals surface area contributed by atoms with Crippen LogP contribution in [0.15, 0.2) is 24.3 Å². The van der Waals surface area contributed by atoms with Crippen molar-refractivity contribution < 1.29 is 9.59 Å². The first-order chi connectivity index (χ1) is 11.6. The van der Waals surface area contributed by atoms with Crippen LogP contribution in [-0.2, 0) is 9.59 Å². The van der Waals surface area contributed by atoms with E-state index in [-0.39, 0.29) is 17.7 Å². The zero-order valence-corrected chi connectivity index (χ0v) is 14.7. The molecule has 24 heavy (non-hydrogen) atoms. The molecule has 0 N–H and O–H groups in total. The monoisotopic (exact) mass is 329 g/mol. The lowest BCUT2D eigenvalue weighted by molar-refractivity contribution is -0.141. The topological polar surface area (TPSA) is 43.9 Å². The van der Waals surface area contributed by atoms with Crippen molar-refractivity contribution in [1.29, 1.82) is 0 Å². The van der Waals surface area contributed by atoms with Gasteiger partial charge in [-0.2, -0.15) is 0 Å². The van der Waals surface area contributed by atoms with Gasteiger partial charge in [0.25, 0.3) is 0 Å². The minimum atomic E-state index is 0.105. The molecule has 5 nitrogen and oxygen atoms in total. The molecule has 1 aromatic carbocycles. The van der Waals surface area contributed by atoms with E-state index in [1.165, 1.54) is 11.3 Å². The van der Waals surface area contributed by atoms with Gasteiger partial charge >= 0.3 is 0 Å². The summed E-state index contributed by atoms with van der Waals surface area (Å²) in [6, 6.07) is 8.45. The fourth-order valence-electron chi connectivity index (χ4n) is 3.79. The number of benzene rings is 1. The second kappa shape index (κ2) is 7.24. The number of amides is 2. The van der Waals surface area contributed by atoms with Gasteiger partial charge in [0.05, 0.1) is 0 Å². The van der Waals surface area contributed by atoms with E-state index in [4.69, 9.17) is 0 Å². The molecule has 2 aliphatic heterocycles. The van der Waals surface area contributed by atoms with Crippen LogP contribution in [0.2, 0.25) is 0 Å². The van der Waals surface area contributed by atoms with Crippen molar-refractivity contribution in [3.63, 3.8) is 0 Å². The molecule has 0 spiro atoms. The zero-order chi connectivity index (χ0) is 17.1. The number of anilines is 1. The number of piperidine rings is 1. The molecule has 2 saturated heterocycles. The highest BCUT2D eigenvalue weighted by Crippen LogP contribution is 2.27. The van der Waals surface area contributed by atoms with Crippen LogP contribution in [0.4, 0.5) is 5.69 Å². The molecular formula is C19H27N3O2. The van der Waals surface area contributed by atoms with Crippen LogP contribution in [0.3, 0.4) is 0 Å². The highest BCUT2D eigenvalue weighted by Gasteiger charge is 2.31. The van der Waals surface area contributed by atoms with Crippen LogP contribution in [-0.4, -0.2) is 60.9 Å². The highest BCUT2D eigenvalue weighted by atomic mass is 16.2. The number of hydrogen-bond acceptors (Lipinski definition) is 3. The van der Waals surface area contributed by atoms with Gasteiger partial charge in [0.15, 0.2) is 0 Å². The molecule has 1 aromatic rings. The summed E-state index contributed by atoms with van der Waals surface area (Å²) >= 11 is 0. The Bertz CT molecular complexity index is 600. The van der Waals surface area contributed by atoms with E-state index in [1.54, 1.807) is 6.92 Å². The summed E-state index contributed by atoms with van der Waals surface area (Å²) in [7, 11) is 0. The van der Waals surface area contributed by atoms with Crippen molar-refractivity contribution in [3.05, 3.63) is 29.8 Å². The van der Waals surface area contributed by atoms with Gasteiger partial charge in [-0.3, -0.25) is 9.59 Å². The Kier molecular flexibility index (Phi) is 5.07. The Labute approximate surface area is 144 Å². The Morgan fingerprint density at radius 1 is 0.917 bits per heavy atom. The van der Waals surface area contributed by atoms with Crippen molar-refractivity contribution in [2.45, 2.75) is 26.7 Å². The first-order valence-electron chi connectivity index (χ1n) is 8.91. The molecule has 3 rings (SSSR count). The van der Waals surface area contributed by atoms with Gasteiger partial charge in [-0.1, -0.05) is 18.2 Å². The summed E-state index contributed by atoms with van der Waals surface area (Å²) in [4.78, 5) is 30.3. The molecule has 2 aliphatic rings. The van der Waals surface area contributed by atoms with Gasteiger partial charge in [0, 0.05) is 57.8 Å². The lowest BCUT2D eigenvalue weighted by Crippen LogP contribution is -2.52. The smallest absolute Gasteiger partial charge is 0.225 e. The molecule has 0 unspecified atom stereocenters. The van der Waals surface area contributed by atoms with Crippen molar-refractivity contribution >= 4 is 17.5 Å². The standard InChI is InChI=1S/C19H27N3O2/c1-15-5-3-4-6-18(15)21-9-7-17(8-10-21)19(24)22-13-11-20(12-14-22)16(2)23/h3-6,17H,7-14H2,1-2H3. The van der Waals surface area contributed by atoms with Crippen LogP contribution < -0.4 is 4.90 Å². The highest BCUT2D eigenvalue weighted by molar-refractivity contribution is 5.80. The number of carbonyl (C=O) groups excluding carboxylic acids is 2. The SMILES string of the molecule is CC(=O)N1CCN(C(=O)C2CCN(c3ccccc3C)CC2)CC1. The first kappa shape index (κ1) is 16.8. The van der Waals surface area contributed by atoms with Crippen LogP contribution in [0.5, 0.6) is 0 Å². The minimum absolute atomic E-state index is 0.105. The number of piperazine rings is 1. The van der Waals surface area contributed by atoms with Gasteiger partial charge in [0.1, 0.15) is 0 Å². The van der Waals surface area contributed by atoms with Crippen LogP contribution in [0, 0.1) is 12.8 Å². The molecule has 0 aliphatic carbocycles. The van der Waals surface area contributed by atoms with E-state index in [1.807, 2.05) is 9.80 Å². The van der Waals surface area contributed by atoms with Crippen LogP contribution >= 0.6 is 0 Å². The number of carbonyl (C=O) groups is 2. The molecule has 0 radical (unpaired) electrons. The molecule has 2 fully saturated rings. The normalized spacial score (nSPS) is 19.5. The Morgan fingerprint density at radius 2 is 1.50 bits per heavy atom. The molecule has 2 amide bonds. The third-order valence-corrected chi connectivity index (χ3v) is 5.34. The third-order valence-electron chi connectivity index (χ3n) is 5.34. The predicted octanol–water partition coefficient (Wildman–Crippen LogP) is 1.90. The summed E-state index contributed by atoms with van der Waals surface area (Å²) in [5, 5.41) is 0. The van der Waals surface area contributed by atoms with Crippen molar-refractivity contribution in [3.8, 4) is 0 Å². The summed E-state index contributed by atoms with van der Waals surface area (Å²) < 4.78 is 0. The molecule has 0 saturated carbocycles. The maximum Gasteiger partial charge on any atom is 0.225 e. The first-order valence-corrected chi connectivity index (χ1v) is 8.91. The lowest BCUT2D eigenvalue weighted by Gasteiger charge is -2.39. The molecule has 0 bridgehead atoms. The molecule has 2 heterocycles. The number of aryl methyl sites for hydroxylation is 1. The van der Waals surface area contributed by atoms with E-state index in [2.05, 4.69) is 36.1 Å². The van der Waals surface area contributed by atoms with E-state index in [0.29, 0.717) is 26.2 Å². The second-order valence-electron chi connectivity index (χ2n) is 6.88. The minimum Gasteiger partial charge on any atom is -0.371 e. The average Bonchev–Trinajstić information content (AvgIpc) is 2.62. The largest absolute Gasteiger partial charge is 0.371 e. The molecule has 5 heteroatoms. The molecule has 0 aromatic heterocycles. The third kappa shape index (κ3) is 3.55. The summed E-state index contributed by atoms with van der Waals surface area (Å²) in [6.07, 6.45) is 1.83. The average molecular weight is 329 g/mol. The van der Waals surface area contributed by atoms with Crippen molar-refractivity contribution in [2.24, 2.45) is 5.92 Å². The Hall–Kier alpha value is -2.04. The Balaban J connectivity index is 1.52. The van der Waals surface area contributed by atoms with Crippen molar-refractivity contribution in [2.75, 3.05) is 44.2 Å². The number of nitrogens with zero attached hydrogens (tertiary/aromatic N) is 3. The summed E-state index contributed by atoms with van der Waals surface area (Å²) in [5.74, 6) is 0.519. The van der Waals surface area contributed by atoms with E-state index in [0.717, 1.165) is 25.9 Å². The lowest BCUT2D eigenvalue weighted by atomic mass is 9.94. The van der Waals surface area contributed by atoms with Gasteiger partial charge < -0.3 is 14.7 Å². The number of para-hydroxylation sites is 1. The van der Waals surface area contributed by atoms with Gasteiger partial charge in [-0.15, -0.1) is 0 Å². The molecule has 130 valence electrons. The fourth-order valence-corrected chi connectivity index (χ4v) is 3.79. The fraction of sp³-hybridized carbons (Fsp3) is 0.579. The van der Waals surface area contributed by atoms with Crippen LogP contribution in [0.1, 0.15) is 25.3 Å². The van der Waals surface area contributed by atoms with E-state index < -0.39 is 0 Å². The molecular weight excluding hydrogens is 302 g/mol. The van der Waals surface area contributed by atoms with Gasteiger partial charge in [-0.25, -0.2) is 0 Å². The van der Waals surface area contributed by atoms with Gasteiger partial charge in [0.2, 0.25) is 11.8 Å². The molecule has 0 atom stereocenters. The van der Waals surface area contributed by atoms with Gasteiger partial charge in [-0.05, 0) is 31.4 Å². The van der Waals surface area contributed by atoms with E-state index >= 15 is 0 Å². The number of hydrogen-bond donors (Lipinski definition) is 0. The zero-order valence-electron chi connectivity index (χ0n) is 14.7. The quantitative estimate of drug-likeness (QED) is 0.832. The van der Waals surface area contributed by atoms with Crippen LogP contribution in [0.25, 0.3) is 0 Å². The van der Waals surface area contributed by atoms with E-state index in [9.17, 15) is 9.59 Å². The Morgan fingerprint density at radius 3 is 2.08 bits per heavy atom. The van der Waals surface area contributed by atoms with Crippen molar-refractivity contribution in [1.82, 2.24) is 9.80 Å². The summed E-state index contributed by atoms with van der Waals surface area (Å²) in [6.45, 7) is 8.31. The predicted molar refractivity (Wildman–Crippen MR) is 95.0 cm³/mol. The maximum atomic E-state index is 12.7. The number of rotatable bonds is 2.